The van der Waals surface area contributed by atoms with E-state index in [1.54, 1.807) is 0 Å². The first-order valence-electron chi connectivity index (χ1n) is 10.2. The lowest BCUT2D eigenvalue weighted by Gasteiger charge is -2.68. The molecule has 0 aromatic carbocycles. The van der Waals surface area contributed by atoms with Gasteiger partial charge in [-0.25, -0.2) is 4.79 Å². The second-order valence-electron chi connectivity index (χ2n) is 11.0. The smallest absolute Gasteiger partial charge is 0.339 e. The van der Waals surface area contributed by atoms with Crippen LogP contribution in [0.4, 0.5) is 0 Å². The summed E-state index contributed by atoms with van der Waals surface area (Å²) in [6, 6.07) is -0.0792. The summed E-state index contributed by atoms with van der Waals surface area (Å²) in [6.45, 7) is 6.96. The molecular weight excluding hydrogens is 346 g/mol. The maximum atomic E-state index is 13.5. The van der Waals surface area contributed by atoms with E-state index in [4.69, 9.17) is 4.74 Å². The third-order valence-electron chi connectivity index (χ3n) is 10.2. The number of carbonyl (C=O) groups is 2. The number of hydrogen-bond donors (Lipinski definition) is 2. The zero-order chi connectivity index (χ0) is 18.9. The molecule has 6 nitrogen and oxygen atoms in total. The normalized spacial score (nSPS) is 67.3. The summed E-state index contributed by atoms with van der Waals surface area (Å²) < 4.78 is 6.16. The molecule has 144 valence electrons. The lowest BCUT2D eigenvalue weighted by molar-refractivity contribution is -0.277. The predicted molar refractivity (Wildman–Crippen MR) is 92.3 cm³/mol. The molecular formula is C21H25NO5. The molecule has 0 aromatic heterocycles. The van der Waals surface area contributed by atoms with Crippen LogP contribution in [0.5, 0.6) is 0 Å². The lowest BCUT2D eigenvalue weighted by Crippen LogP contribution is -2.78. The van der Waals surface area contributed by atoms with Gasteiger partial charge in [0.05, 0.1) is 11.5 Å². The molecule has 8 aliphatic rings. The maximum absolute atomic E-state index is 13.5. The van der Waals surface area contributed by atoms with Crippen LogP contribution in [0.15, 0.2) is 12.2 Å². The van der Waals surface area contributed by atoms with E-state index < -0.39 is 40.0 Å². The summed E-state index contributed by atoms with van der Waals surface area (Å²) in [6.07, 6.45) is 1.51. The van der Waals surface area contributed by atoms with Gasteiger partial charge >= 0.3 is 5.97 Å². The summed E-state index contributed by atoms with van der Waals surface area (Å²) in [5, 5.41) is 23.1. The Morgan fingerprint density at radius 1 is 1.26 bits per heavy atom. The van der Waals surface area contributed by atoms with Crippen LogP contribution >= 0.6 is 0 Å². The molecule has 2 spiro atoms. The first-order valence-corrected chi connectivity index (χ1v) is 10.2. The van der Waals surface area contributed by atoms with Crippen molar-refractivity contribution >= 4 is 11.8 Å². The molecule has 0 amide bonds. The van der Waals surface area contributed by atoms with E-state index in [-0.39, 0.29) is 29.1 Å². The number of carbonyl (C=O) groups excluding carboxylic acids is 2. The number of fused-ring (bicyclic) bond motifs is 1. The van der Waals surface area contributed by atoms with Gasteiger partial charge in [0.25, 0.3) is 0 Å². The van der Waals surface area contributed by atoms with Gasteiger partial charge in [-0.15, -0.1) is 0 Å². The predicted octanol–water partition coefficient (Wildman–Crippen LogP) is 0.269. The second-order valence-corrected chi connectivity index (χ2v) is 11.0. The highest BCUT2D eigenvalue weighted by atomic mass is 16.6. The summed E-state index contributed by atoms with van der Waals surface area (Å²) >= 11 is 0. The molecule has 0 radical (unpaired) electrons. The summed E-state index contributed by atoms with van der Waals surface area (Å²) in [5.74, 6) is -1.35. The first kappa shape index (κ1) is 15.7. The highest BCUT2D eigenvalue weighted by Gasteiger charge is 3.03. The SMILES string of the molecule is C=C1C[C@]23C4C(=O)[C@H]1C[C@]21OC(=O)[C@@]3(O)[C@@H]2[C@@]3(C)C[C@H](O)C[C@]21C4N(C)C3. The van der Waals surface area contributed by atoms with Gasteiger partial charge in [-0.1, -0.05) is 19.1 Å². The summed E-state index contributed by atoms with van der Waals surface area (Å²) in [7, 11) is 2.07. The van der Waals surface area contributed by atoms with Gasteiger partial charge in [-0.05, 0) is 31.7 Å². The van der Waals surface area contributed by atoms with E-state index >= 15 is 0 Å². The van der Waals surface area contributed by atoms with Gasteiger partial charge < -0.3 is 19.8 Å². The molecule has 8 fully saturated rings. The van der Waals surface area contributed by atoms with Crippen molar-refractivity contribution < 1.29 is 24.5 Å². The summed E-state index contributed by atoms with van der Waals surface area (Å²) in [5.41, 5.74) is -3.48. The molecule has 0 aromatic rings. The van der Waals surface area contributed by atoms with E-state index in [0.717, 1.165) is 5.57 Å². The molecule has 2 unspecified atom stereocenters. The van der Waals surface area contributed by atoms with Gasteiger partial charge in [0.15, 0.2) is 5.60 Å². The molecule has 7 bridgehead atoms. The topological polar surface area (TPSA) is 87.1 Å². The molecule has 2 heterocycles. The second kappa shape index (κ2) is 3.66. The highest BCUT2D eigenvalue weighted by molar-refractivity contribution is 5.99. The van der Waals surface area contributed by atoms with Crippen molar-refractivity contribution in [3.05, 3.63) is 12.2 Å². The Hall–Kier alpha value is -1.24. The van der Waals surface area contributed by atoms with Crippen molar-refractivity contribution in [3.63, 3.8) is 0 Å². The fourth-order valence-electron chi connectivity index (χ4n) is 10.5. The van der Waals surface area contributed by atoms with E-state index in [0.29, 0.717) is 32.2 Å². The average molecular weight is 371 g/mol. The monoisotopic (exact) mass is 371 g/mol. The fraction of sp³-hybridized carbons (Fsp3) is 0.810. The Kier molecular flexibility index (Phi) is 2.12. The standard InChI is InChI=1S/C21H25NO5/c1-9-4-19-12-13(24)11(9)7-20(19)18-6-10(23)5-17(2,8-22(3)14(12)18)15(18)21(19,26)16(25)27-20/h10-12,14-15,23,26H,1,4-8H2,2-3H3/t10-,11-,12?,14?,15+,17-,18-,19-,20+,21-/m0/s1. The lowest BCUT2D eigenvalue weighted by atomic mass is 9.41. The number of piperidine rings is 1. The van der Waals surface area contributed by atoms with Gasteiger partial charge in [-0.3, -0.25) is 4.79 Å². The number of esters is 1. The van der Waals surface area contributed by atoms with Crippen LogP contribution in [0.2, 0.25) is 0 Å². The number of Topliss-reactive ketones (excluding diaryl/α,β-unsaturated/α-hetero) is 1. The third-order valence-corrected chi connectivity index (χ3v) is 10.2. The maximum Gasteiger partial charge on any atom is 0.339 e. The van der Waals surface area contributed by atoms with Crippen molar-refractivity contribution in [2.75, 3.05) is 13.6 Å². The van der Waals surface area contributed by atoms with E-state index in [1.807, 2.05) is 0 Å². The van der Waals surface area contributed by atoms with Crippen LogP contribution in [-0.4, -0.2) is 63.8 Å². The average Bonchev–Trinajstić information content (AvgIpc) is 2.91. The number of nitrogens with zero attached hydrogens (tertiary/aromatic N) is 1. The molecule has 2 aliphatic heterocycles. The van der Waals surface area contributed by atoms with Crippen molar-refractivity contribution in [1.29, 1.82) is 0 Å². The number of hydrogen-bond acceptors (Lipinski definition) is 6. The molecule has 6 aliphatic carbocycles. The molecule has 2 N–H and O–H groups in total. The minimum Gasteiger partial charge on any atom is -0.455 e. The molecule has 10 atom stereocenters. The zero-order valence-corrected chi connectivity index (χ0v) is 15.7. The molecule has 8 rings (SSSR count). The molecule has 6 heteroatoms. The number of likely N-dealkylation sites (tertiary alicyclic amines) is 1. The van der Waals surface area contributed by atoms with Gasteiger partial charge in [0.1, 0.15) is 11.4 Å². The number of aliphatic hydroxyl groups excluding tert-OH is 1. The number of ketones is 1. The molecule has 27 heavy (non-hydrogen) atoms. The highest BCUT2D eigenvalue weighted by Crippen LogP contribution is 2.92. The quantitative estimate of drug-likeness (QED) is 0.470. The molecule has 6 saturated carbocycles. The van der Waals surface area contributed by atoms with Crippen LogP contribution in [-0.2, 0) is 14.3 Å². The van der Waals surface area contributed by atoms with Crippen molar-refractivity contribution in [1.82, 2.24) is 4.90 Å². The van der Waals surface area contributed by atoms with Crippen LogP contribution in [0.1, 0.15) is 32.6 Å². The fourth-order valence-corrected chi connectivity index (χ4v) is 10.5. The Morgan fingerprint density at radius 2 is 2.00 bits per heavy atom. The Labute approximate surface area is 157 Å². The molecule has 2 saturated heterocycles. The van der Waals surface area contributed by atoms with Gasteiger partial charge in [0.2, 0.25) is 0 Å². The van der Waals surface area contributed by atoms with Crippen LogP contribution in [0.3, 0.4) is 0 Å². The van der Waals surface area contributed by atoms with E-state index in [2.05, 4.69) is 25.5 Å². The van der Waals surface area contributed by atoms with Crippen LogP contribution < -0.4 is 0 Å². The minimum absolute atomic E-state index is 0.0792. The number of aliphatic hydroxyl groups is 2. The van der Waals surface area contributed by atoms with Gasteiger partial charge in [0, 0.05) is 42.2 Å². The zero-order valence-electron chi connectivity index (χ0n) is 15.7. The number of rotatable bonds is 0. The Balaban J connectivity index is 1.66. The third kappa shape index (κ3) is 1.03. The van der Waals surface area contributed by atoms with Crippen LogP contribution in [0, 0.1) is 34.0 Å². The van der Waals surface area contributed by atoms with Crippen molar-refractivity contribution in [2.45, 2.75) is 56.0 Å². The van der Waals surface area contributed by atoms with E-state index in [1.165, 1.54) is 0 Å². The van der Waals surface area contributed by atoms with Gasteiger partial charge in [-0.2, -0.15) is 0 Å². The summed E-state index contributed by atoms with van der Waals surface area (Å²) in [4.78, 5) is 29.1. The Bertz CT molecular complexity index is 901. The largest absolute Gasteiger partial charge is 0.455 e. The Morgan fingerprint density at radius 3 is 2.74 bits per heavy atom. The van der Waals surface area contributed by atoms with Crippen LogP contribution in [0.25, 0.3) is 0 Å². The van der Waals surface area contributed by atoms with Crippen molar-refractivity contribution in [3.8, 4) is 0 Å². The number of allylic oxidation sites excluding steroid dienone is 1. The van der Waals surface area contributed by atoms with E-state index in [9.17, 15) is 19.8 Å². The minimum atomic E-state index is -1.64. The number of ether oxygens (including phenoxy) is 1. The van der Waals surface area contributed by atoms with Crippen molar-refractivity contribution in [2.24, 2.45) is 34.0 Å². The first-order chi connectivity index (χ1) is 12.6.